The van der Waals surface area contributed by atoms with Crippen LogP contribution in [-0.2, 0) is 18.3 Å². The molecule has 22 heavy (non-hydrogen) atoms. The lowest BCUT2D eigenvalue weighted by molar-refractivity contribution is -0.137. The van der Waals surface area contributed by atoms with E-state index in [1.165, 1.54) is 22.2 Å². The minimum absolute atomic E-state index is 0.392. The Balaban J connectivity index is 1.84. The third kappa shape index (κ3) is 3.09. The van der Waals surface area contributed by atoms with Gasteiger partial charge in [0.1, 0.15) is 0 Å². The molecule has 3 aromatic heterocycles. The zero-order chi connectivity index (χ0) is 15.7. The number of alkyl halides is 3. The summed E-state index contributed by atoms with van der Waals surface area (Å²) in [6, 6.07) is 2.32. The van der Waals surface area contributed by atoms with Crippen molar-refractivity contribution in [2.75, 3.05) is 0 Å². The maximum absolute atomic E-state index is 12.8. The van der Waals surface area contributed by atoms with E-state index in [-0.39, 0.29) is 0 Å². The van der Waals surface area contributed by atoms with Crippen molar-refractivity contribution in [2.24, 2.45) is 0 Å². The lowest BCUT2D eigenvalue weighted by Gasteiger charge is -2.07. The maximum Gasteiger partial charge on any atom is 0.417 e. The van der Waals surface area contributed by atoms with Gasteiger partial charge < -0.3 is 0 Å². The minimum Gasteiger partial charge on any atom is -0.277 e. The highest BCUT2D eigenvalue weighted by atomic mass is 32.2. The molecule has 0 aliphatic heterocycles. The van der Waals surface area contributed by atoms with Crippen LogP contribution >= 0.6 is 23.1 Å². The van der Waals surface area contributed by atoms with Crippen LogP contribution in [0.1, 0.15) is 23.2 Å². The van der Waals surface area contributed by atoms with Crippen LogP contribution in [0.25, 0.3) is 5.65 Å². The third-order valence-corrected chi connectivity index (χ3v) is 4.97. The molecule has 0 aliphatic rings. The molecule has 3 aromatic rings. The zero-order valence-corrected chi connectivity index (χ0v) is 13.1. The normalized spacial score (nSPS) is 12.2. The molecule has 4 nitrogen and oxygen atoms in total. The maximum atomic E-state index is 12.8. The highest BCUT2D eigenvalue weighted by molar-refractivity contribution is 7.98. The number of hydrogen-bond donors (Lipinski definition) is 0. The van der Waals surface area contributed by atoms with Crippen LogP contribution in [0.5, 0.6) is 0 Å². The number of rotatable bonds is 4. The third-order valence-electron chi connectivity index (χ3n) is 2.95. The summed E-state index contributed by atoms with van der Waals surface area (Å²) in [4.78, 5) is 4.43. The fraction of sp³-hybridized carbons (Fsp3) is 0.308. The molecule has 0 atom stereocenters. The molecule has 3 heterocycles. The van der Waals surface area contributed by atoms with Crippen molar-refractivity contribution >= 4 is 28.7 Å². The zero-order valence-electron chi connectivity index (χ0n) is 11.5. The lowest BCUT2D eigenvalue weighted by Crippen LogP contribution is -2.06. The Morgan fingerprint density at radius 3 is 2.77 bits per heavy atom. The topological polar surface area (TPSA) is 43.1 Å². The molecule has 0 radical (unpaired) electrons. The van der Waals surface area contributed by atoms with Crippen LogP contribution in [-0.4, -0.2) is 19.6 Å². The molecule has 0 N–H and O–H groups in total. The average Bonchev–Trinajstić information content (AvgIpc) is 3.10. The van der Waals surface area contributed by atoms with Crippen molar-refractivity contribution in [3.8, 4) is 0 Å². The van der Waals surface area contributed by atoms with Crippen LogP contribution in [0, 0.1) is 0 Å². The Bertz CT molecular complexity index is 794. The predicted octanol–water partition coefficient (Wildman–Crippen LogP) is 4.06. The second-order valence-corrected chi connectivity index (χ2v) is 6.39. The Morgan fingerprint density at radius 2 is 2.09 bits per heavy atom. The molecule has 0 amide bonds. The highest BCUT2D eigenvalue weighted by Crippen LogP contribution is 2.30. The number of fused-ring (bicyclic) bond motifs is 1. The number of pyridine rings is 1. The van der Waals surface area contributed by atoms with Crippen molar-refractivity contribution in [1.82, 2.24) is 19.6 Å². The first kappa shape index (κ1) is 15.3. The Hall–Kier alpha value is -1.61. The molecule has 0 bridgehead atoms. The number of thioether (sulfide) groups is 1. The quantitative estimate of drug-likeness (QED) is 0.670. The summed E-state index contributed by atoms with van der Waals surface area (Å²) in [5.74, 6) is 0.549. The molecule has 0 saturated heterocycles. The van der Waals surface area contributed by atoms with Gasteiger partial charge in [0.15, 0.2) is 10.8 Å². The summed E-state index contributed by atoms with van der Waals surface area (Å²) in [6.45, 7) is 2.03. The standard InChI is InChI=1S/C13H11F3N4S2/c1-2-11-17-9(6-21-11)7-22-12-19-18-10-4-3-8(5-20(10)12)13(14,15)16/h3-6H,2,7H2,1H3. The molecule has 3 rings (SSSR count). The van der Waals surface area contributed by atoms with Crippen LogP contribution in [0.4, 0.5) is 13.2 Å². The van der Waals surface area contributed by atoms with Gasteiger partial charge in [-0.1, -0.05) is 18.7 Å². The van der Waals surface area contributed by atoms with Gasteiger partial charge in [0, 0.05) is 17.3 Å². The summed E-state index contributed by atoms with van der Waals surface area (Å²) < 4.78 is 39.7. The van der Waals surface area contributed by atoms with Crippen molar-refractivity contribution in [3.63, 3.8) is 0 Å². The van der Waals surface area contributed by atoms with Crippen molar-refractivity contribution in [2.45, 2.75) is 30.4 Å². The number of aromatic nitrogens is 4. The van der Waals surface area contributed by atoms with Gasteiger partial charge in [-0.25, -0.2) is 4.98 Å². The predicted molar refractivity (Wildman–Crippen MR) is 79.0 cm³/mol. The summed E-state index contributed by atoms with van der Waals surface area (Å²) in [5, 5.41) is 11.2. The van der Waals surface area contributed by atoms with E-state index in [0.717, 1.165) is 29.4 Å². The first-order valence-corrected chi connectivity index (χ1v) is 8.32. The largest absolute Gasteiger partial charge is 0.417 e. The molecule has 0 aliphatic carbocycles. The Labute approximate surface area is 132 Å². The van der Waals surface area contributed by atoms with Gasteiger partial charge in [0.2, 0.25) is 0 Å². The smallest absolute Gasteiger partial charge is 0.277 e. The van der Waals surface area contributed by atoms with Crippen molar-refractivity contribution in [3.05, 3.63) is 40.0 Å². The number of aryl methyl sites for hydroxylation is 1. The molecule has 9 heteroatoms. The SMILES string of the molecule is CCc1nc(CSc2nnc3ccc(C(F)(F)F)cn23)cs1. The van der Waals surface area contributed by atoms with E-state index < -0.39 is 11.7 Å². The van der Waals surface area contributed by atoms with Gasteiger partial charge in [-0.05, 0) is 18.6 Å². The fourth-order valence-corrected chi connectivity index (χ4v) is 3.51. The Morgan fingerprint density at radius 1 is 1.27 bits per heavy atom. The number of halogens is 3. The van der Waals surface area contributed by atoms with Crippen molar-refractivity contribution in [1.29, 1.82) is 0 Å². The van der Waals surface area contributed by atoms with Gasteiger partial charge in [0.05, 0.1) is 16.3 Å². The van der Waals surface area contributed by atoms with Gasteiger partial charge in [-0.15, -0.1) is 21.5 Å². The summed E-state index contributed by atoms with van der Waals surface area (Å²) >= 11 is 2.90. The monoisotopic (exact) mass is 344 g/mol. The summed E-state index contributed by atoms with van der Waals surface area (Å²) in [6.07, 6.45) is -2.49. The van der Waals surface area contributed by atoms with Gasteiger partial charge >= 0.3 is 6.18 Å². The molecule has 0 aromatic carbocycles. The molecule has 0 unspecified atom stereocenters. The molecule has 116 valence electrons. The summed E-state index contributed by atoms with van der Waals surface area (Å²) in [5.41, 5.74) is 0.571. The van der Waals surface area contributed by atoms with E-state index in [9.17, 15) is 13.2 Å². The number of nitrogens with zero attached hydrogens (tertiary/aromatic N) is 4. The van der Waals surface area contributed by atoms with E-state index in [1.807, 2.05) is 12.3 Å². The minimum atomic E-state index is -4.38. The second kappa shape index (κ2) is 5.88. The van der Waals surface area contributed by atoms with Gasteiger partial charge in [-0.2, -0.15) is 13.2 Å². The second-order valence-electron chi connectivity index (χ2n) is 4.50. The van der Waals surface area contributed by atoms with Crippen molar-refractivity contribution < 1.29 is 13.2 Å². The lowest BCUT2D eigenvalue weighted by atomic mass is 10.3. The molecular weight excluding hydrogens is 333 g/mol. The van der Waals surface area contributed by atoms with Crippen LogP contribution in [0.15, 0.2) is 28.9 Å². The van der Waals surface area contributed by atoms with E-state index in [0.29, 0.717) is 16.6 Å². The Kier molecular flexibility index (Phi) is 4.09. The molecule has 0 saturated carbocycles. The van der Waals surface area contributed by atoms with Crippen LogP contribution in [0.2, 0.25) is 0 Å². The average molecular weight is 344 g/mol. The first-order valence-electron chi connectivity index (χ1n) is 6.45. The van der Waals surface area contributed by atoms with Gasteiger partial charge in [-0.3, -0.25) is 4.40 Å². The fourth-order valence-electron chi connectivity index (χ4n) is 1.85. The van der Waals surface area contributed by atoms with Crippen LogP contribution < -0.4 is 0 Å². The molecular formula is C13H11F3N4S2. The van der Waals surface area contributed by atoms with Crippen LogP contribution in [0.3, 0.4) is 0 Å². The summed E-state index contributed by atoms with van der Waals surface area (Å²) in [7, 11) is 0. The number of hydrogen-bond acceptors (Lipinski definition) is 5. The molecule has 0 fully saturated rings. The van der Waals surface area contributed by atoms with Gasteiger partial charge in [0.25, 0.3) is 0 Å². The van der Waals surface area contributed by atoms with E-state index in [4.69, 9.17) is 0 Å². The van der Waals surface area contributed by atoms with E-state index in [2.05, 4.69) is 15.2 Å². The van der Waals surface area contributed by atoms with E-state index in [1.54, 1.807) is 11.3 Å². The molecule has 0 spiro atoms. The first-order chi connectivity index (χ1) is 10.5. The highest BCUT2D eigenvalue weighted by Gasteiger charge is 2.31. The number of thiazole rings is 1. The van der Waals surface area contributed by atoms with E-state index >= 15 is 0 Å².